The average Bonchev–Trinajstić information content (AvgIpc) is 3.07. The first-order valence-electron chi connectivity index (χ1n) is 7.68. The van der Waals surface area contributed by atoms with Crippen molar-refractivity contribution >= 4 is 44.9 Å². The van der Waals surface area contributed by atoms with Gasteiger partial charge >= 0.3 is 0 Å². The smallest absolute Gasteiger partial charge is 0.128 e. The second-order valence-corrected chi connectivity index (χ2v) is 7.92. The van der Waals surface area contributed by atoms with Crippen LogP contribution >= 0.6 is 34.7 Å². The van der Waals surface area contributed by atoms with Crippen LogP contribution in [0, 0.1) is 11.6 Å². The Bertz CT molecular complexity index is 1060. The van der Waals surface area contributed by atoms with Crippen LogP contribution in [0.2, 0.25) is 5.02 Å². The lowest BCUT2D eigenvalue weighted by Gasteiger charge is -2.05. The standard InChI is InChI=1S/C19H11ClF2N2S2/c20-14-2-1-3-15(22)13(14)9-25-19-18-16(23-10-24-19)8-17(26-18)11-4-6-12(21)7-5-11/h1-8,10H,9H2. The maximum atomic E-state index is 14.0. The number of halogens is 3. The molecule has 0 aliphatic rings. The van der Waals surface area contributed by atoms with Crippen molar-refractivity contribution in [3.05, 3.63) is 77.1 Å². The molecule has 0 unspecified atom stereocenters. The summed E-state index contributed by atoms with van der Waals surface area (Å²) in [6, 6.07) is 12.9. The van der Waals surface area contributed by atoms with Gasteiger partial charge in [-0.25, -0.2) is 18.7 Å². The van der Waals surface area contributed by atoms with Gasteiger partial charge in [0.25, 0.3) is 0 Å². The normalized spacial score (nSPS) is 11.2. The van der Waals surface area contributed by atoms with E-state index in [2.05, 4.69) is 9.97 Å². The first-order valence-corrected chi connectivity index (χ1v) is 9.86. The lowest BCUT2D eigenvalue weighted by atomic mass is 10.2. The van der Waals surface area contributed by atoms with Crippen LogP contribution < -0.4 is 0 Å². The van der Waals surface area contributed by atoms with Crippen molar-refractivity contribution < 1.29 is 8.78 Å². The van der Waals surface area contributed by atoms with Gasteiger partial charge in [0.15, 0.2) is 0 Å². The zero-order valence-electron chi connectivity index (χ0n) is 13.2. The van der Waals surface area contributed by atoms with Gasteiger partial charge in [0.1, 0.15) is 23.0 Å². The molecule has 0 bridgehead atoms. The Morgan fingerprint density at radius 1 is 1.04 bits per heavy atom. The van der Waals surface area contributed by atoms with E-state index >= 15 is 0 Å². The lowest BCUT2D eigenvalue weighted by Crippen LogP contribution is -1.90. The number of hydrogen-bond donors (Lipinski definition) is 0. The Balaban J connectivity index is 1.66. The van der Waals surface area contributed by atoms with Crippen LogP contribution in [0.25, 0.3) is 20.7 Å². The molecule has 2 heterocycles. The molecule has 0 aliphatic carbocycles. The third-order valence-corrected chi connectivity index (χ3v) is 6.50. The molecule has 7 heteroatoms. The van der Waals surface area contributed by atoms with E-state index in [-0.39, 0.29) is 11.6 Å². The number of aromatic nitrogens is 2. The Morgan fingerprint density at radius 3 is 2.62 bits per heavy atom. The number of benzene rings is 2. The van der Waals surface area contributed by atoms with E-state index in [1.54, 1.807) is 24.3 Å². The molecule has 26 heavy (non-hydrogen) atoms. The van der Waals surface area contributed by atoms with Crippen LogP contribution in [0.15, 0.2) is 59.9 Å². The fourth-order valence-electron chi connectivity index (χ4n) is 2.50. The third-order valence-electron chi connectivity index (χ3n) is 3.82. The number of fused-ring (bicyclic) bond motifs is 1. The van der Waals surface area contributed by atoms with Crippen molar-refractivity contribution in [1.29, 1.82) is 0 Å². The van der Waals surface area contributed by atoms with E-state index in [0.29, 0.717) is 16.3 Å². The molecule has 130 valence electrons. The fourth-order valence-corrected chi connectivity index (χ4v) is 5.05. The largest absolute Gasteiger partial charge is 0.235 e. The summed E-state index contributed by atoms with van der Waals surface area (Å²) in [5, 5.41) is 1.17. The first-order chi connectivity index (χ1) is 12.6. The molecule has 0 radical (unpaired) electrons. The van der Waals surface area contributed by atoms with Gasteiger partial charge in [0.2, 0.25) is 0 Å². The molecule has 2 aromatic carbocycles. The number of hydrogen-bond acceptors (Lipinski definition) is 4. The second-order valence-electron chi connectivity index (χ2n) is 5.50. The summed E-state index contributed by atoms with van der Waals surface area (Å²) in [6.07, 6.45) is 1.49. The first kappa shape index (κ1) is 17.4. The minimum Gasteiger partial charge on any atom is -0.235 e. The molecule has 4 rings (SSSR count). The molecule has 0 saturated heterocycles. The third kappa shape index (κ3) is 3.45. The number of thiophene rings is 1. The Labute approximate surface area is 161 Å². The van der Waals surface area contributed by atoms with Gasteiger partial charge < -0.3 is 0 Å². The number of thioether (sulfide) groups is 1. The maximum absolute atomic E-state index is 14.0. The van der Waals surface area contributed by atoms with Crippen LogP contribution in [0.5, 0.6) is 0 Å². The molecule has 0 spiro atoms. The highest BCUT2D eigenvalue weighted by Gasteiger charge is 2.13. The molecule has 2 aromatic heterocycles. The topological polar surface area (TPSA) is 25.8 Å². The Morgan fingerprint density at radius 2 is 1.85 bits per heavy atom. The summed E-state index contributed by atoms with van der Waals surface area (Å²) >= 11 is 9.05. The predicted octanol–water partition coefficient (Wildman–Crippen LogP) is 6.58. The van der Waals surface area contributed by atoms with Gasteiger partial charge in [-0.3, -0.25) is 0 Å². The van der Waals surface area contributed by atoms with Crippen LogP contribution in [-0.2, 0) is 5.75 Å². The average molecular weight is 405 g/mol. The van der Waals surface area contributed by atoms with Gasteiger partial charge in [-0.05, 0) is 35.9 Å². The quantitative estimate of drug-likeness (QED) is 0.283. The molecular weight excluding hydrogens is 394 g/mol. The van der Waals surface area contributed by atoms with Crippen molar-refractivity contribution in [2.75, 3.05) is 0 Å². The molecule has 0 atom stereocenters. The van der Waals surface area contributed by atoms with Crippen molar-refractivity contribution in [3.63, 3.8) is 0 Å². The minimum absolute atomic E-state index is 0.271. The van der Waals surface area contributed by atoms with Crippen LogP contribution in [0.1, 0.15) is 5.56 Å². The maximum Gasteiger partial charge on any atom is 0.128 e. The SMILES string of the molecule is Fc1ccc(-c2cc3ncnc(SCc4c(F)cccc4Cl)c3s2)cc1. The Hall–Kier alpha value is -2.02. The lowest BCUT2D eigenvalue weighted by molar-refractivity contribution is 0.617. The van der Waals surface area contributed by atoms with Crippen LogP contribution in [-0.4, -0.2) is 9.97 Å². The molecule has 2 nitrogen and oxygen atoms in total. The van der Waals surface area contributed by atoms with Crippen molar-refractivity contribution in [3.8, 4) is 10.4 Å². The molecular formula is C19H11ClF2N2S2. The zero-order chi connectivity index (χ0) is 18.1. The summed E-state index contributed by atoms with van der Waals surface area (Å²) in [5.74, 6) is -0.220. The number of nitrogens with zero attached hydrogens (tertiary/aromatic N) is 2. The summed E-state index contributed by atoms with van der Waals surface area (Å²) in [6.45, 7) is 0. The van der Waals surface area contributed by atoms with E-state index in [1.165, 1.54) is 47.6 Å². The molecule has 4 aromatic rings. The van der Waals surface area contributed by atoms with Crippen molar-refractivity contribution in [2.45, 2.75) is 10.8 Å². The predicted molar refractivity (Wildman–Crippen MR) is 104 cm³/mol. The van der Waals surface area contributed by atoms with Gasteiger partial charge in [-0.15, -0.1) is 11.3 Å². The highest BCUT2D eigenvalue weighted by Crippen LogP contribution is 2.38. The highest BCUT2D eigenvalue weighted by atomic mass is 35.5. The second kappa shape index (κ2) is 7.31. The highest BCUT2D eigenvalue weighted by molar-refractivity contribution is 7.98. The molecule has 0 amide bonds. The van der Waals surface area contributed by atoms with Gasteiger partial charge in [-0.1, -0.05) is 41.6 Å². The van der Waals surface area contributed by atoms with Crippen molar-refractivity contribution in [1.82, 2.24) is 9.97 Å². The Kier molecular flexibility index (Phi) is 4.89. The minimum atomic E-state index is -0.325. The van der Waals surface area contributed by atoms with E-state index < -0.39 is 0 Å². The molecule has 0 aliphatic heterocycles. The van der Waals surface area contributed by atoms with Crippen molar-refractivity contribution in [2.24, 2.45) is 0 Å². The van der Waals surface area contributed by atoms with E-state index in [1.807, 2.05) is 6.07 Å². The van der Waals surface area contributed by atoms with E-state index in [4.69, 9.17) is 11.6 Å². The van der Waals surface area contributed by atoms with Gasteiger partial charge in [-0.2, -0.15) is 0 Å². The van der Waals surface area contributed by atoms with Gasteiger partial charge in [0.05, 0.1) is 10.2 Å². The summed E-state index contributed by atoms with van der Waals surface area (Å²) < 4.78 is 28.0. The summed E-state index contributed by atoms with van der Waals surface area (Å²) in [4.78, 5) is 9.62. The van der Waals surface area contributed by atoms with Gasteiger partial charge in [0, 0.05) is 21.2 Å². The van der Waals surface area contributed by atoms with Crippen LogP contribution in [0.3, 0.4) is 0 Å². The van der Waals surface area contributed by atoms with Crippen LogP contribution in [0.4, 0.5) is 8.78 Å². The summed E-state index contributed by atoms with van der Waals surface area (Å²) in [5.41, 5.74) is 2.19. The summed E-state index contributed by atoms with van der Waals surface area (Å²) in [7, 11) is 0. The molecule has 0 fully saturated rings. The fraction of sp³-hybridized carbons (Fsp3) is 0.0526. The zero-order valence-corrected chi connectivity index (χ0v) is 15.6. The molecule has 0 saturated carbocycles. The molecule has 0 N–H and O–H groups in total. The number of rotatable bonds is 4. The van der Waals surface area contributed by atoms with E-state index in [9.17, 15) is 8.78 Å². The monoisotopic (exact) mass is 404 g/mol. The van der Waals surface area contributed by atoms with E-state index in [0.717, 1.165) is 25.7 Å².